The first-order valence-corrected chi connectivity index (χ1v) is 7.45. The number of likely N-dealkylation sites (N-methyl/N-ethyl adjacent to an activating group) is 2. The van der Waals surface area contributed by atoms with Crippen LogP contribution >= 0.6 is 0 Å². The number of nitrogens with two attached hydrogens (primary N) is 1. The Morgan fingerprint density at radius 1 is 1.39 bits per heavy atom. The second kappa shape index (κ2) is 6.33. The standard InChI is InChI=1S/C14H29N3O/c1-3-17-8-4-5-13(17)11-16(2)14(12-15)6-9-18-10-7-14/h13H,3-12,15H2,1-2H3. The lowest BCUT2D eigenvalue weighted by Gasteiger charge is -2.45. The third-order valence-corrected chi connectivity index (χ3v) is 5.00. The van der Waals surface area contributed by atoms with Gasteiger partial charge in [0, 0.05) is 37.9 Å². The van der Waals surface area contributed by atoms with Gasteiger partial charge in [0.15, 0.2) is 0 Å². The zero-order valence-electron chi connectivity index (χ0n) is 12.0. The number of nitrogens with zero attached hydrogens (tertiary/aromatic N) is 2. The molecule has 18 heavy (non-hydrogen) atoms. The van der Waals surface area contributed by atoms with Crippen molar-refractivity contribution >= 4 is 0 Å². The normalized spacial score (nSPS) is 29.0. The average molecular weight is 255 g/mol. The largest absolute Gasteiger partial charge is 0.381 e. The Bertz CT molecular complexity index is 253. The van der Waals surface area contributed by atoms with Crippen LogP contribution in [-0.4, -0.2) is 67.8 Å². The van der Waals surface area contributed by atoms with Gasteiger partial charge in [-0.15, -0.1) is 0 Å². The molecule has 2 heterocycles. The van der Waals surface area contributed by atoms with E-state index in [4.69, 9.17) is 10.5 Å². The van der Waals surface area contributed by atoms with Gasteiger partial charge in [0.25, 0.3) is 0 Å². The van der Waals surface area contributed by atoms with E-state index < -0.39 is 0 Å². The summed E-state index contributed by atoms with van der Waals surface area (Å²) in [5, 5.41) is 0. The Hall–Kier alpha value is -0.160. The monoisotopic (exact) mass is 255 g/mol. The van der Waals surface area contributed by atoms with Gasteiger partial charge in [-0.1, -0.05) is 6.92 Å². The Balaban J connectivity index is 1.94. The van der Waals surface area contributed by atoms with Gasteiger partial charge >= 0.3 is 0 Å². The van der Waals surface area contributed by atoms with Gasteiger partial charge < -0.3 is 10.5 Å². The molecule has 0 bridgehead atoms. The van der Waals surface area contributed by atoms with Gasteiger partial charge in [-0.2, -0.15) is 0 Å². The molecule has 0 aromatic carbocycles. The summed E-state index contributed by atoms with van der Waals surface area (Å²) in [6, 6.07) is 0.728. The highest BCUT2D eigenvalue weighted by molar-refractivity contribution is 4.94. The van der Waals surface area contributed by atoms with Gasteiger partial charge in [-0.25, -0.2) is 0 Å². The lowest BCUT2D eigenvalue weighted by molar-refractivity contribution is -0.0202. The second-order valence-electron chi connectivity index (χ2n) is 5.85. The molecule has 0 spiro atoms. The van der Waals surface area contributed by atoms with Gasteiger partial charge in [-0.05, 0) is 45.8 Å². The Kier molecular flexibility index (Phi) is 5.01. The minimum absolute atomic E-state index is 0.181. The maximum atomic E-state index is 6.07. The van der Waals surface area contributed by atoms with Gasteiger partial charge in [0.2, 0.25) is 0 Å². The van der Waals surface area contributed by atoms with Crippen molar-refractivity contribution in [2.24, 2.45) is 5.73 Å². The maximum Gasteiger partial charge on any atom is 0.0484 e. The number of ether oxygens (including phenoxy) is 1. The summed E-state index contributed by atoms with van der Waals surface area (Å²) in [6.45, 7) is 8.36. The van der Waals surface area contributed by atoms with E-state index in [0.717, 1.165) is 45.2 Å². The zero-order chi connectivity index (χ0) is 13.0. The molecule has 2 fully saturated rings. The van der Waals surface area contributed by atoms with Crippen LogP contribution in [0.2, 0.25) is 0 Å². The Morgan fingerprint density at radius 3 is 2.72 bits per heavy atom. The summed E-state index contributed by atoms with van der Waals surface area (Å²) < 4.78 is 5.50. The van der Waals surface area contributed by atoms with E-state index in [1.54, 1.807) is 0 Å². The van der Waals surface area contributed by atoms with Crippen molar-refractivity contribution in [3.05, 3.63) is 0 Å². The summed E-state index contributed by atoms with van der Waals surface area (Å²) >= 11 is 0. The molecule has 2 aliphatic heterocycles. The molecule has 1 atom stereocenters. The summed E-state index contributed by atoms with van der Waals surface area (Å²) in [4.78, 5) is 5.13. The third kappa shape index (κ3) is 2.87. The lowest BCUT2D eigenvalue weighted by Crippen LogP contribution is -2.57. The van der Waals surface area contributed by atoms with Crippen molar-refractivity contribution in [3.8, 4) is 0 Å². The second-order valence-corrected chi connectivity index (χ2v) is 5.85. The zero-order valence-corrected chi connectivity index (χ0v) is 12.0. The van der Waals surface area contributed by atoms with Gasteiger partial charge in [0.1, 0.15) is 0 Å². The molecule has 0 aromatic rings. The van der Waals surface area contributed by atoms with E-state index in [9.17, 15) is 0 Å². The van der Waals surface area contributed by atoms with Crippen LogP contribution in [0.1, 0.15) is 32.6 Å². The molecule has 0 aliphatic carbocycles. The minimum Gasteiger partial charge on any atom is -0.381 e. The summed E-state index contributed by atoms with van der Waals surface area (Å²) in [5.41, 5.74) is 6.25. The van der Waals surface area contributed by atoms with Crippen molar-refractivity contribution in [3.63, 3.8) is 0 Å². The number of likely N-dealkylation sites (tertiary alicyclic amines) is 1. The van der Waals surface area contributed by atoms with Crippen LogP contribution in [0.3, 0.4) is 0 Å². The quantitative estimate of drug-likeness (QED) is 0.793. The van der Waals surface area contributed by atoms with E-state index in [0.29, 0.717) is 0 Å². The van der Waals surface area contributed by atoms with Crippen LogP contribution in [0.4, 0.5) is 0 Å². The average Bonchev–Trinajstić information content (AvgIpc) is 2.86. The van der Waals surface area contributed by atoms with E-state index in [1.165, 1.54) is 25.9 Å². The predicted octanol–water partition coefficient (Wildman–Crippen LogP) is 0.910. The lowest BCUT2D eigenvalue weighted by atomic mass is 9.88. The molecule has 0 amide bonds. The molecular formula is C14H29N3O. The maximum absolute atomic E-state index is 6.07. The van der Waals surface area contributed by atoms with Crippen LogP contribution in [-0.2, 0) is 4.74 Å². The predicted molar refractivity (Wildman–Crippen MR) is 74.7 cm³/mol. The van der Waals surface area contributed by atoms with E-state index in [1.807, 2.05) is 0 Å². The molecule has 0 saturated carbocycles. The first-order chi connectivity index (χ1) is 8.72. The fraction of sp³-hybridized carbons (Fsp3) is 1.00. The number of hydrogen-bond donors (Lipinski definition) is 1. The minimum atomic E-state index is 0.181. The van der Waals surface area contributed by atoms with Gasteiger partial charge in [-0.3, -0.25) is 9.80 Å². The van der Waals surface area contributed by atoms with Crippen molar-refractivity contribution in [2.75, 3.05) is 46.4 Å². The molecule has 2 N–H and O–H groups in total. The molecule has 2 rings (SSSR count). The molecule has 4 nitrogen and oxygen atoms in total. The first-order valence-electron chi connectivity index (χ1n) is 7.45. The Morgan fingerprint density at radius 2 is 2.11 bits per heavy atom. The Labute approximate surface area is 111 Å². The van der Waals surface area contributed by atoms with Crippen molar-refractivity contribution < 1.29 is 4.74 Å². The molecule has 106 valence electrons. The highest BCUT2D eigenvalue weighted by Gasteiger charge is 2.37. The van der Waals surface area contributed by atoms with Crippen LogP contribution < -0.4 is 5.73 Å². The highest BCUT2D eigenvalue weighted by atomic mass is 16.5. The molecule has 2 aliphatic rings. The molecule has 4 heteroatoms. The van der Waals surface area contributed by atoms with Crippen LogP contribution in [0, 0.1) is 0 Å². The van der Waals surface area contributed by atoms with E-state index in [2.05, 4.69) is 23.8 Å². The fourth-order valence-electron chi connectivity index (χ4n) is 3.52. The van der Waals surface area contributed by atoms with Crippen molar-refractivity contribution in [1.82, 2.24) is 9.80 Å². The molecular weight excluding hydrogens is 226 g/mol. The summed E-state index contributed by atoms with van der Waals surface area (Å²) in [7, 11) is 2.25. The van der Waals surface area contributed by atoms with Crippen LogP contribution in [0.15, 0.2) is 0 Å². The van der Waals surface area contributed by atoms with Crippen LogP contribution in [0.25, 0.3) is 0 Å². The molecule has 1 unspecified atom stereocenters. The summed E-state index contributed by atoms with van der Waals surface area (Å²) in [5.74, 6) is 0. The number of hydrogen-bond acceptors (Lipinski definition) is 4. The topological polar surface area (TPSA) is 41.7 Å². The smallest absolute Gasteiger partial charge is 0.0484 e. The SMILES string of the molecule is CCN1CCCC1CN(C)C1(CN)CCOCC1. The van der Waals surface area contributed by atoms with E-state index >= 15 is 0 Å². The first kappa shape index (κ1) is 14.3. The van der Waals surface area contributed by atoms with Crippen molar-refractivity contribution in [2.45, 2.75) is 44.2 Å². The van der Waals surface area contributed by atoms with Crippen LogP contribution in [0.5, 0.6) is 0 Å². The highest BCUT2D eigenvalue weighted by Crippen LogP contribution is 2.28. The molecule has 2 saturated heterocycles. The van der Waals surface area contributed by atoms with E-state index in [-0.39, 0.29) is 5.54 Å². The third-order valence-electron chi connectivity index (χ3n) is 5.00. The fourth-order valence-corrected chi connectivity index (χ4v) is 3.52. The summed E-state index contributed by atoms with van der Waals surface area (Å²) in [6.07, 6.45) is 4.86. The number of rotatable bonds is 5. The molecule has 0 radical (unpaired) electrons. The molecule has 0 aromatic heterocycles. The van der Waals surface area contributed by atoms with Crippen molar-refractivity contribution in [1.29, 1.82) is 0 Å². The van der Waals surface area contributed by atoms with Gasteiger partial charge in [0.05, 0.1) is 0 Å².